The van der Waals surface area contributed by atoms with Gasteiger partial charge in [0.25, 0.3) is 0 Å². The molecule has 0 aliphatic carbocycles. The van der Waals surface area contributed by atoms with Crippen LogP contribution in [0.4, 0.5) is 0 Å². The highest BCUT2D eigenvalue weighted by molar-refractivity contribution is 6.33. The van der Waals surface area contributed by atoms with Gasteiger partial charge in [0.2, 0.25) is 0 Å². The summed E-state index contributed by atoms with van der Waals surface area (Å²) in [5.41, 5.74) is 8.90. The van der Waals surface area contributed by atoms with E-state index in [-0.39, 0.29) is 5.92 Å². The van der Waals surface area contributed by atoms with E-state index in [4.69, 9.17) is 11.6 Å². The fourth-order valence-electron chi connectivity index (χ4n) is 4.09. The molecular formula is C31H31ClN2. The van der Waals surface area contributed by atoms with Crippen molar-refractivity contribution in [2.24, 2.45) is 0 Å². The maximum atomic E-state index is 6.77. The van der Waals surface area contributed by atoms with E-state index in [1.807, 2.05) is 19.3 Å². The van der Waals surface area contributed by atoms with Crippen molar-refractivity contribution >= 4 is 11.6 Å². The largest absolute Gasteiger partial charge is 0.260 e. The van der Waals surface area contributed by atoms with Gasteiger partial charge in [-0.2, -0.15) is 0 Å². The Hall–Kier alpha value is -3.23. The minimum Gasteiger partial charge on any atom is -0.260 e. The van der Waals surface area contributed by atoms with Crippen LogP contribution in [0, 0.1) is 13.8 Å². The van der Waals surface area contributed by atoms with E-state index >= 15 is 0 Å². The summed E-state index contributed by atoms with van der Waals surface area (Å²) < 4.78 is 0. The fraction of sp³-hybridized carbons (Fsp3) is 0.226. The van der Waals surface area contributed by atoms with E-state index < -0.39 is 0 Å². The Labute approximate surface area is 208 Å². The van der Waals surface area contributed by atoms with Gasteiger partial charge in [-0.15, -0.1) is 0 Å². The summed E-state index contributed by atoms with van der Waals surface area (Å²) in [5.74, 6) is 0.584. The number of allylic oxidation sites excluding steroid dienone is 2. The summed E-state index contributed by atoms with van der Waals surface area (Å²) in [6.07, 6.45) is 9.39. The molecule has 0 spiro atoms. The molecule has 2 unspecified atom stereocenters. The minimum atomic E-state index is 0.269. The average molecular weight is 467 g/mol. The van der Waals surface area contributed by atoms with Gasteiger partial charge in [-0.25, -0.2) is 0 Å². The molecule has 0 amide bonds. The maximum absolute atomic E-state index is 6.77. The number of halogens is 1. The number of rotatable bonds is 7. The number of hydrogen-bond donors (Lipinski definition) is 0. The zero-order chi connectivity index (χ0) is 24.1. The molecule has 2 aromatic carbocycles. The molecule has 2 aromatic heterocycles. The van der Waals surface area contributed by atoms with Gasteiger partial charge in [0.15, 0.2) is 0 Å². The van der Waals surface area contributed by atoms with Crippen LogP contribution in [-0.2, 0) is 0 Å². The lowest BCUT2D eigenvalue weighted by Crippen LogP contribution is -1.97. The number of aromatic nitrogens is 2. The molecule has 0 fully saturated rings. The van der Waals surface area contributed by atoms with Crippen molar-refractivity contribution in [1.29, 1.82) is 0 Å². The zero-order valence-corrected chi connectivity index (χ0v) is 21.1. The van der Waals surface area contributed by atoms with Crippen molar-refractivity contribution in [3.63, 3.8) is 0 Å². The summed E-state index contributed by atoms with van der Waals surface area (Å²) in [6, 6.07) is 23.3. The van der Waals surface area contributed by atoms with E-state index in [0.29, 0.717) is 5.92 Å². The third-order valence-corrected chi connectivity index (χ3v) is 6.61. The van der Waals surface area contributed by atoms with Gasteiger partial charge < -0.3 is 0 Å². The second-order valence-electron chi connectivity index (χ2n) is 8.99. The Morgan fingerprint density at radius 1 is 0.794 bits per heavy atom. The Morgan fingerprint density at radius 3 is 2.06 bits per heavy atom. The Bertz CT molecular complexity index is 1260. The van der Waals surface area contributed by atoms with E-state index in [1.165, 1.54) is 11.1 Å². The Balaban J connectivity index is 1.51. The molecule has 4 rings (SSSR count). The third kappa shape index (κ3) is 5.63. The second kappa shape index (κ2) is 10.8. The highest BCUT2D eigenvalue weighted by Crippen LogP contribution is 2.33. The molecule has 4 aromatic rings. The SMILES string of the molecule is CCC(/C=C\C(C)c1ccc(C)cn1)c1ccc(-c2ccc(-c3ccc(C)cn3)cc2)c(Cl)c1. The van der Waals surface area contributed by atoms with Crippen molar-refractivity contribution in [1.82, 2.24) is 9.97 Å². The van der Waals surface area contributed by atoms with Crippen LogP contribution in [0.3, 0.4) is 0 Å². The van der Waals surface area contributed by atoms with Crippen molar-refractivity contribution in [2.45, 2.75) is 46.0 Å². The molecule has 0 saturated heterocycles. The molecule has 0 saturated carbocycles. The number of hydrogen-bond acceptors (Lipinski definition) is 2. The third-order valence-electron chi connectivity index (χ3n) is 6.30. The van der Waals surface area contributed by atoms with E-state index in [9.17, 15) is 0 Å². The van der Waals surface area contributed by atoms with Gasteiger partial charge in [-0.1, -0.05) is 86.1 Å². The highest BCUT2D eigenvalue weighted by Gasteiger charge is 2.12. The number of aryl methyl sites for hydroxylation is 2. The molecule has 0 aliphatic rings. The van der Waals surface area contributed by atoms with Crippen LogP contribution in [0.1, 0.15) is 54.5 Å². The van der Waals surface area contributed by atoms with Crippen molar-refractivity contribution < 1.29 is 0 Å². The maximum Gasteiger partial charge on any atom is 0.0702 e. The zero-order valence-electron chi connectivity index (χ0n) is 20.3. The molecule has 172 valence electrons. The van der Waals surface area contributed by atoms with E-state index in [0.717, 1.165) is 45.1 Å². The van der Waals surface area contributed by atoms with E-state index in [2.05, 4.69) is 110 Å². The molecule has 0 radical (unpaired) electrons. The highest BCUT2D eigenvalue weighted by atomic mass is 35.5. The molecule has 2 heterocycles. The molecule has 0 aliphatic heterocycles. The van der Waals surface area contributed by atoms with Gasteiger partial charge in [0.1, 0.15) is 0 Å². The van der Waals surface area contributed by atoms with Crippen LogP contribution in [0.2, 0.25) is 5.02 Å². The molecule has 0 bridgehead atoms. The number of pyridine rings is 2. The normalized spacial score (nSPS) is 13.2. The van der Waals surface area contributed by atoms with Crippen LogP contribution < -0.4 is 0 Å². The van der Waals surface area contributed by atoms with Gasteiger partial charge in [-0.05, 0) is 60.7 Å². The van der Waals surface area contributed by atoms with Crippen LogP contribution >= 0.6 is 11.6 Å². The van der Waals surface area contributed by atoms with Crippen molar-refractivity contribution in [2.75, 3.05) is 0 Å². The average Bonchev–Trinajstić information content (AvgIpc) is 2.85. The van der Waals surface area contributed by atoms with E-state index in [1.54, 1.807) is 0 Å². The summed E-state index contributed by atoms with van der Waals surface area (Å²) >= 11 is 6.77. The molecule has 2 atom stereocenters. The molecular weight excluding hydrogens is 436 g/mol. The topological polar surface area (TPSA) is 25.8 Å². The lowest BCUT2D eigenvalue weighted by Gasteiger charge is -2.15. The van der Waals surface area contributed by atoms with Crippen LogP contribution in [0.15, 0.2) is 91.3 Å². The first-order valence-corrected chi connectivity index (χ1v) is 12.3. The molecule has 2 nitrogen and oxygen atoms in total. The lowest BCUT2D eigenvalue weighted by molar-refractivity contribution is 0.791. The molecule has 3 heteroatoms. The first-order chi connectivity index (χ1) is 16.4. The van der Waals surface area contributed by atoms with Gasteiger partial charge in [0.05, 0.1) is 5.69 Å². The van der Waals surface area contributed by atoms with Crippen LogP contribution in [-0.4, -0.2) is 9.97 Å². The van der Waals surface area contributed by atoms with Crippen LogP contribution in [0.25, 0.3) is 22.4 Å². The lowest BCUT2D eigenvalue weighted by atomic mass is 9.92. The predicted octanol–water partition coefficient (Wildman–Crippen LogP) is 8.93. The summed E-state index contributed by atoms with van der Waals surface area (Å²) in [6.45, 7) is 8.51. The Kier molecular flexibility index (Phi) is 7.59. The number of benzene rings is 2. The minimum absolute atomic E-state index is 0.269. The van der Waals surface area contributed by atoms with Gasteiger partial charge in [0, 0.05) is 46.1 Å². The van der Waals surface area contributed by atoms with Gasteiger partial charge in [-0.3, -0.25) is 9.97 Å². The quantitative estimate of drug-likeness (QED) is 0.254. The molecule has 0 N–H and O–H groups in total. The predicted molar refractivity (Wildman–Crippen MR) is 144 cm³/mol. The fourth-order valence-corrected chi connectivity index (χ4v) is 4.38. The Morgan fingerprint density at radius 2 is 1.47 bits per heavy atom. The smallest absolute Gasteiger partial charge is 0.0702 e. The second-order valence-corrected chi connectivity index (χ2v) is 9.39. The van der Waals surface area contributed by atoms with Crippen molar-refractivity contribution in [3.8, 4) is 22.4 Å². The van der Waals surface area contributed by atoms with Gasteiger partial charge >= 0.3 is 0 Å². The summed E-state index contributed by atoms with van der Waals surface area (Å²) in [7, 11) is 0. The first kappa shape index (κ1) is 23.9. The standard InChI is InChI=1S/C31H31ClN2/c1-5-24(9-8-23(4)30-16-6-21(2)19-33-30)27-14-15-28(29(32)18-27)25-10-12-26(13-11-25)31-17-7-22(3)20-34-31/h6-20,23-24H,5H2,1-4H3/b9-8-. The monoisotopic (exact) mass is 466 g/mol. The summed E-state index contributed by atoms with van der Waals surface area (Å²) in [5, 5.41) is 0.777. The van der Waals surface area contributed by atoms with Crippen LogP contribution in [0.5, 0.6) is 0 Å². The molecule has 34 heavy (non-hydrogen) atoms. The number of nitrogens with zero attached hydrogens (tertiary/aromatic N) is 2. The first-order valence-electron chi connectivity index (χ1n) is 11.9. The summed E-state index contributed by atoms with van der Waals surface area (Å²) in [4.78, 5) is 9.09. The van der Waals surface area contributed by atoms with Crippen molar-refractivity contribution in [3.05, 3.63) is 119 Å².